The summed E-state index contributed by atoms with van der Waals surface area (Å²) in [6, 6.07) is 9.28. The number of nitrogens with one attached hydrogen (secondary N) is 1. The number of ether oxygens (including phenoxy) is 3. The second kappa shape index (κ2) is 14.0. The molecule has 9 heteroatoms. The van der Waals surface area contributed by atoms with Gasteiger partial charge in [0.25, 0.3) is 0 Å². The number of H-pyrrole nitrogens is 1. The molecule has 210 valence electrons. The minimum atomic E-state index is -1.54. The number of hydrogen-bond donors (Lipinski definition) is 2. The van der Waals surface area contributed by atoms with Gasteiger partial charge in [-0.3, -0.25) is 4.90 Å². The van der Waals surface area contributed by atoms with E-state index in [0.29, 0.717) is 31.9 Å². The number of alkyl halides is 1. The summed E-state index contributed by atoms with van der Waals surface area (Å²) in [7, 11) is 0. The van der Waals surface area contributed by atoms with E-state index in [2.05, 4.69) is 4.98 Å². The van der Waals surface area contributed by atoms with Crippen molar-refractivity contribution in [3.05, 3.63) is 64.9 Å². The van der Waals surface area contributed by atoms with Gasteiger partial charge in [-0.15, -0.1) is 0 Å². The van der Waals surface area contributed by atoms with Crippen molar-refractivity contribution in [2.24, 2.45) is 0 Å². The molecule has 1 unspecified atom stereocenters. The van der Waals surface area contributed by atoms with Gasteiger partial charge in [0.2, 0.25) is 0 Å². The zero-order valence-corrected chi connectivity index (χ0v) is 22.7. The third-order valence-electron chi connectivity index (χ3n) is 6.14. The predicted octanol–water partition coefficient (Wildman–Crippen LogP) is 5.57. The van der Waals surface area contributed by atoms with E-state index in [9.17, 15) is 4.39 Å². The summed E-state index contributed by atoms with van der Waals surface area (Å²) in [5.74, 6) is -1.44. The van der Waals surface area contributed by atoms with Crippen LogP contribution in [0.15, 0.2) is 36.4 Å². The third-order valence-corrected chi connectivity index (χ3v) is 6.14. The third kappa shape index (κ3) is 7.50. The van der Waals surface area contributed by atoms with Crippen molar-refractivity contribution in [2.75, 3.05) is 52.7 Å². The summed E-state index contributed by atoms with van der Waals surface area (Å²) in [5, 5.41) is 9.67. The zero-order chi connectivity index (χ0) is 27.7. The molecule has 2 aromatic carbocycles. The summed E-state index contributed by atoms with van der Waals surface area (Å²) in [5.41, 5.74) is 0.909. The molecule has 0 fully saturated rings. The molecule has 0 saturated heterocycles. The number of aliphatic hydroxyl groups excluding tert-OH is 1. The molecule has 0 saturated carbocycles. The Labute approximate surface area is 222 Å². The summed E-state index contributed by atoms with van der Waals surface area (Å²) in [6.07, 6.45) is 0.654. The Bertz CT molecular complexity index is 1140. The van der Waals surface area contributed by atoms with E-state index in [1.165, 1.54) is 26.0 Å². The fourth-order valence-corrected chi connectivity index (χ4v) is 4.78. The van der Waals surface area contributed by atoms with Crippen LogP contribution < -0.4 is 4.74 Å². The summed E-state index contributed by atoms with van der Waals surface area (Å²) in [6.45, 7) is 8.61. The standard InChI is InChI=1S/C27H33F3N2O4.C2H6/c1-27(2,30)17-32-8-7-20-19-5-3-4-6-23(19)31-25(20)26(32)24-21(28)15-18(16-22(24)29)36-14-13-35-12-11-34-10-9-33;1-2/h3-6,15-16,26,31,33H,7-14,17H2,1-2H3;1-2H3. The summed E-state index contributed by atoms with van der Waals surface area (Å²) < 4.78 is 61.6. The first-order valence-corrected chi connectivity index (χ1v) is 13.2. The molecule has 2 heterocycles. The molecular formula is C29H39F3N2O4. The predicted molar refractivity (Wildman–Crippen MR) is 143 cm³/mol. The number of aromatic nitrogens is 1. The smallest absolute Gasteiger partial charge is 0.135 e. The Hall–Kier alpha value is -2.59. The minimum Gasteiger partial charge on any atom is -0.491 e. The van der Waals surface area contributed by atoms with Gasteiger partial charge in [0.1, 0.15) is 29.7 Å². The number of benzene rings is 2. The maximum Gasteiger partial charge on any atom is 0.135 e. The van der Waals surface area contributed by atoms with Crippen molar-refractivity contribution in [3.63, 3.8) is 0 Å². The maximum absolute atomic E-state index is 15.5. The molecule has 1 aliphatic rings. The molecule has 0 radical (unpaired) electrons. The molecule has 3 aromatic rings. The second-order valence-electron chi connectivity index (χ2n) is 9.50. The van der Waals surface area contributed by atoms with E-state index in [1.807, 2.05) is 38.1 Å². The molecule has 1 aliphatic heterocycles. The van der Waals surface area contributed by atoms with Crippen molar-refractivity contribution in [2.45, 2.75) is 45.8 Å². The van der Waals surface area contributed by atoms with Crippen LogP contribution in [0.4, 0.5) is 13.2 Å². The van der Waals surface area contributed by atoms with Crippen LogP contribution in [0.5, 0.6) is 5.75 Å². The number of para-hydroxylation sites is 1. The number of halogens is 3. The van der Waals surface area contributed by atoms with Gasteiger partial charge in [0, 0.05) is 47.4 Å². The highest BCUT2D eigenvalue weighted by molar-refractivity contribution is 5.85. The van der Waals surface area contributed by atoms with Crippen LogP contribution in [-0.2, 0) is 15.9 Å². The van der Waals surface area contributed by atoms with Crippen molar-refractivity contribution in [3.8, 4) is 5.75 Å². The van der Waals surface area contributed by atoms with Crippen LogP contribution >= 0.6 is 0 Å². The summed E-state index contributed by atoms with van der Waals surface area (Å²) >= 11 is 0. The average Bonchev–Trinajstić information content (AvgIpc) is 3.25. The lowest BCUT2D eigenvalue weighted by Gasteiger charge is -2.38. The number of hydrogen-bond acceptors (Lipinski definition) is 5. The Morgan fingerprint density at radius 3 is 2.29 bits per heavy atom. The van der Waals surface area contributed by atoms with Gasteiger partial charge < -0.3 is 24.3 Å². The fourth-order valence-electron chi connectivity index (χ4n) is 4.78. The minimum absolute atomic E-state index is 0.0307. The Morgan fingerprint density at radius 1 is 1.00 bits per heavy atom. The van der Waals surface area contributed by atoms with Crippen molar-refractivity contribution < 1.29 is 32.5 Å². The monoisotopic (exact) mass is 536 g/mol. The van der Waals surface area contributed by atoms with Crippen molar-refractivity contribution in [1.82, 2.24) is 9.88 Å². The first-order chi connectivity index (χ1) is 18.3. The van der Waals surface area contributed by atoms with Crippen LogP contribution in [0, 0.1) is 11.6 Å². The van der Waals surface area contributed by atoms with Gasteiger partial charge in [-0.2, -0.15) is 0 Å². The van der Waals surface area contributed by atoms with E-state index in [1.54, 1.807) is 4.90 Å². The number of rotatable bonds is 12. The van der Waals surface area contributed by atoms with E-state index in [0.717, 1.165) is 16.5 Å². The van der Waals surface area contributed by atoms with Gasteiger partial charge in [0.15, 0.2) is 0 Å². The van der Waals surface area contributed by atoms with Gasteiger partial charge >= 0.3 is 0 Å². The zero-order valence-electron chi connectivity index (χ0n) is 22.7. The molecular weight excluding hydrogens is 497 g/mol. The van der Waals surface area contributed by atoms with Gasteiger partial charge in [-0.05, 0) is 31.9 Å². The number of aromatic amines is 1. The molecule has 4 rings (SSSR count). The lowest BCUT2D eigenvalue weighted by Crippen LogP contribution is -2.43. The van der Waals surface area contributed by atoms with E-state index in [-0.39, 0.29) is 44.3 Å². The topological polar surface area (TPSA) is 67.0 Å². The van der Waals surface area contributed by atoms with Crippen LogP contribution in [0.2, 0.25) is 0 Å². The normalized spacial score (nSPS) is 15.7. The van der Waals surface area contributed by atoms with Crippen LogP contribution in [0.3, 0.4) is 0 Å². The largest absolute Gasteiger partial charge is 0.491 e. The number of fused-ring (bicyclic) bond motifs is 3. The SMILES string of the molecule is CC.CC(C)(F)CN1CCc2c([nH]c3ccccc23)C1c1c(F)cc(OCCOCCOCCO)cc1F. The highest BCUT2D eigenvalue weighted by atomic mass is 19.1. The molecule has 0 aliphatic carbocycles. The highest BCUT2D eigenvalue weighted by Gasteiger charge is 2.37. The van der Waals surface area contributed by atoms with E-state index >= 15 is 8.78 Å². The van der Waals surface area contributed by atoms with Crippen LogP contribution in [0.25, 0.3) is 10.9 Å². The summed E-state index contributed by atoms with van der Waals surface area (Å²) in [4.78, 5) is 5.14. The quantitative estimate of drug-likeness (QED) is 0.296. The Balaban J connectivity index is 0.00000195. The Morgan fingerprint density at radius 2 is 1.63 bits per heavy atom. The fraction of sp³-hybridized carbons (Fsp3) is 0.517. The first kappa shape index (κ1) is 30.0. The Kier molecular flexibility index (Phi) is 11.0. The molecule has 0 amide bonds. The lowest BCUT2D eigenvalue weighted by atomic mass is 9.90. The van der Waals surface area contributed by atoms with Crippen LogP contribution in [-0.4, -0.2) is 73.4 Å². The molecule has 0 spiro atoms. The van der Waals surface area contributed by atoms with E-state index in [4.69, 9.17) is 19.3 Å². The van der Waals surface area contributed by atoms with Crippen molar-refractivity contribution >= 4 is 10.9 Å². The van der Waals surface area contributed by atoms with Crippen LogP contribution in [0.1, 0.15) is 50.6 Å². The maximum atomic E-state index is 15.5. The van der Waals surface area contributed by atoms with E-state index < -0.39 is 23.3 Å². The van der Waals surface area contributed by atoms with Gasteiger partial charge in [0.05, 0.1) is 39.1 Å². The number of aliphatic hydroxyl groups is 1. The first-order valence-electron chi connectivity index (χ1n) is 13.2. The molecule has 1 aromatic heterocycles. The second-order valence-corrected chi connectivity index (χ2v) is 9.50. The number of nitrogens with zero attached hydrogens (tertiary/aromatic N) is 1. The highest BCUT2D eigenvalue weighted by Crippen LogP contribution is 2.41. The molecule has 0 bridgehead atoms. The molecule has 38 heavy (non-hydrogen) atoms. The molecule has 2 N–H and O–H groups in total. The lowest BCUT2D eigenvalue weighted by molar-refractivity contribution is 0.0246. The molecule has 6 nitrogen and oxygen atoms in total. The van der Waals surface area contributed by atoms with Gasteiger partial charge in [-0.25, -0.2) is 13.2 Å². The van der Waals surface area contributed by atoms with Gasteiger partial charge in [-0.1, -0.05) is 32.0 Å². The van der Waals surface area contributed by atoms with Crippen molar-refractivity contribution in [1.29, 1.82) is 0 Å². The molecule has 1 atom stereocenters. The average molecular weight is 537 g/mol.